The second-order valence-corrected chi connectivity index (χ2v) is 5.68. The van der Waals surface area contributed by atoms with Crippen molar-refractivity contribution in [1.82, 2.24) is 4.90 Å². The maximum Gasteiger partial charge on any atom is 0.261 e. The molecule has 0 saturated heterocycles. The molecule has 1 heterocycles. The highest BCUT2D eigenvalue weighted by atomic mass is 79.9. The van der Waals surface area contributed by atoms with Crippen LogP contribution in [0.25, 0.3) is 0 Å². The van der Waals surface area contributed by atoms with Crippen LogP contribution in [0.2, 0.25) is 0 Å². The Morgan fingerprint density at radius 1 is 1.00 bits per heavy atom. The number of hydrogen-bond acceptors (Lipinski definition) is 2. The van der Waals surface area contributed by atoms with Crippen molar-refractivity contribution in [2.24, 2.45) is 0 Å². The first-order valence-electron chi connectivity index (χ1n) is 6.28. The van der Waals surface area contributed by atoms with Gasteiger partial charge in [-0.05, 0) is 36.2 Å². The average Bonchev–Trinajstić information content (AvgIpc) is 2.69. The second-order valence-electron chi connectivity index (χ2n) is 4.83. The summed E-state index contributed by atoms with van der Waals surface area (Å²) in [5.41, 5.74) is 3.03. The van der Waals surface area contributed by atoms with E-state index in [2.05, 4.69) is 15.9 Å². The van der Waals surface area contributed by atoms with Gasteiger partial charge >= 0.3 is 0 Å². The molecule has 100 valence electrons. The van der Waals surface area contributed by atoms with Crippen LogP contribution in [0.15, 0.2) is 46.9 Å². The molecule has 3 rings (SSSR count). The fourth-order valence-corrected chi connectivity index (χ4v) is 2.73. The summed E-state index contributed by atoms with van der Waals surface area (Å²) >= 11 is 3.47. The van der Waals surface area contributed by atoms with Crippen molar-refractivity contribution in [3.63, 3.8) is 0 Å². The number of halogens is 1. The van der Waals surface area contributed by atoms with Gasteiger partial charge in [0.2, 0.25) is 0 Å². The van der Waals surface area contributed by atoms with Crippen LogP contribution in [0.4, 0.5) is 0 Å². The molecule has 20 heavy (non-hydrogen) atoms. The minimum atomic E-state index is -0.220. The number of imide groups is 1. The molecule has 0 unspecified atom stereocenters. The Bertz CT molecular complexity index is 689. The number of aryl methyl sites for hydroxylation is 1. The standard InChI is InChI=1S/C16H12BrNO2/c1-10-6-7-11(8-14(10)17)9-18-15(19)12-4-2-3-5-13(12)16(18)20/h2-8H,9H2,1H3. The van der Waals surface area contributed by atoms with Gasteiger partial charge in [-0.25, -0.2) is 0 Å². The van der Waals surface area contributed by atoms with Crippen LogP contribution in [0.1, 0.15) is 31.8 Å². The van der Waals surface area contributed by atoms with Gasteiger partial charge in [-0.1, -0.05) is 40.2 Å². The van der Waals surface area contributed by atoms with Crippen molar-refractivity contribution in [2.75, 3.05) is 0 Å². The van der Waals surface area contributed by atoms with Gasteiger partial charge in [0.25, 0.3) is 11.8 Å². The molecule has 0 spiro atoms. The molecule has 0 bridgehead atoms. The van der Waals surface area contributed by atoms with Crippen LogP contribution >= 0.6 is 15.9 Å². The van der Waals surface area contributed by atoms with Gasteiger partial charge in [0.15, 0.2) is 0 Å². The number of fused-ring (bicyclic) bond motifs is 1. The van der Waals surface area contributed by atoms with Gasteiger partial charge in [-0.2, -0.15) is 0 Å². The highest BCUT2D eigenvalue weighted by molar-refractivity contribution is 9.10. The minimum absolute atomic E-state index is 0.220. The molecule has 0 radical (unpaired) electrons. The molecule has 2 amide bonds. The largest absolute Gasteiger partial charge is 0.270 e. The molecule has 0 aromatic heterocycles. The molecule has 1 aliphatic heterocycles. The van der Waals surface area contributed by atoms with Crippen molar-refractivity contribution in [1.29, 1.82) is 0 Å². The molecule has 3 nitrogen and oxygen atoms in total. The van der Waals surface area contributed by atoms with Gasteiger partial charge in [0, 0.05) is 4.47 Å². The van der Waals surface area contributed by atoms with E-state index in [-0.39, 0.29) is 11.8 Å². The van der Waals surface area contributed by atoms with Crippen LogP contribution in [0.3, 0.4) is 0 Å². The molecule has 1 aliphatic rings. The molecule has 4 heteroatoms. The minimum Gasteiger partial charge on any atom is -0.270 e. The summed E-state index contributed by atoms with van der Waals surface area (Å²) in [7, 11) is 0. The zero-order valence-electron chi connectivity index (χ0n) is 10.9. The van der Waals surface area contributed by atoms with E-state index in [0.717, 1.165) is 15.6 Å². The third-order valence-corrected chi connectivity index (χ3v) is 4.31. The average molecular weight is 330 g/mol. The maximum atomic E-state index is 12.3. The molecule has 0 N–H and O–H groups in total. The molecule has 0 fully saturated rings. The Morgan fingerprint density at radius 2 is 1.60 bits per heavy atom. The lowest BCUT2D eigenvalue weighted by Crippen LogP contribution is -2.29. The van der Waals surface area contributed by atoms with Crippen molar-refractivity contribution in [3.8, 4) is 0 Å². The van der Waals surface area contributed by atoms with Crippen LogP contribution in [0.5, 0.6) is 0 Å². The molecule has 2 aromatic rings. The van der Waals surface area contributed by atoms with Crippen LogP contribution < -0.4 is 0 Å². The molecular weight excluding hydrogens is 318 g/mol. The number of nitrogens with zero attached hydrogens (tertiary/aromatic N) is 1. The van der Waals surface area contributed by atoms with Crippen molar-refractivity contribution >= 4 is 27.7 Å². The van der Waals surface area contributed by atoms with E-state index in [1.165, 1.54) is 4.90 Å². The number of benzene rings is 2. The van der Waals surface area contributed by atoms with Crippen LogP contribution in [-0.2, 0) is 6.54 Å². The number of amides is 2. The summed E-state index contributed by atoms with van der Waals surface area (Å²) in [6.45, 7) is 2.29. The first kappa shape index (κ1) is 13.1. The number of rotatable bonds is 2. The fraction of sp³-hybridized carbons (Fsp3) is 0.125. The maximum absolute atomic E-state index is 12.3. The Hall–Kier alpha value is -1.94. The Labute approximate surface area is 125 Å². The summed E-state index contributed by atoms with van der Waals surface area (Å²) in [6.07, 6.45) is 0. The zero-order chi connectivity index (χ0) is 14.3. The van der Waals surface area contributed by atoms with Gasteiger partial charge < -0.3 is 0 Å². The first-order valence-corrected chi connectivity index (χ1v) is 7.07. The van der Waals surface area contributed by atoms with Gasteiger partial charge in [-0.15, -0.1) is 0 Å². The molecule has 0 atom stereocenters. The third-order valence-electron chi connectivity index (χ3n) is 3.46. The van der Waals surface area contributed by atoms with E-state index in [4.69, 9.17) is 0 Å². The first-order chi connectivity index (χ1) is 9.58. The molecular formula is C16H12BrNO2. The van der Waals surface area contributed by atoms with Crippen LogP contribution in [-0.4, -0.2) is 16.7 Å². The zero-order valence-corrected chi connectivity index (χ0v) is 12.5. The molecule has 0 aliphatic carbocycles. The van der Waals surface area contributed by atoms with Gasteiger partial charge in [0.05, 0.1) is 17.7 Å². The number of hydrogen-bond donors (Lipinski definition) is 0. The number of carbonyl (C=O) groups is 2. The molecule has 0 saturated carbocycles. The normalized spacial score (nSPS) is 13.8. The van der Waals surface area contributed by atoms with E-state index in [0.29, 0.717) is 17.7 Å². The quantitative estimate of drug-likeness (QED) is 0.790. The summed E-state index contributed by atoms with van der Waals surface area (Å²) in [5, 5.41) is 0. The smallest absolute Gasteiger partial charge is 0.261 e. The highest BCUT2D eigenvalue weighted by Crippen LogP contribution is 2.25. The lowest BCUT2D eigenvalue weighted by Gasteiger charge is -2.14. The predicted molar refractivity (Wildman–Crippen MR) is 79.5 cm³/mol. The summed E-state index contributed by atoms with van der Waals surface area (Å²) in [5.74, 6) is -0.440. The summed E-state index contributed by atoms with van der Waals surface area (Å²) in [4.78, 5) is 25.8. The topological polar surface area (TPSA) is 37.4 Å². The lowest BCUT2D eigenvalue weighted by atomic mass is 10.1. The van der Waals surface area contributed by atoms with Crippen molar-refractivity contribution in [2.45, 2.75) is 13.5 Å². The van der Waals surface area contributed by atoms with E-state index in [1.807, 2.05) is 25.1 Å². The SMILES string of the molecule is Cc1ccc(CN2C(=O)c3ccccc3C2=O)cc1Br. The van der Waals surface area contributed by atoms with E-state index >= 15 is 0 Å². The summed E-state index contributed by atoms with van der Waals surface area (Å²) in [6, 6.07) is 12.8. The van der Waals surface area contributed by atoms with E-state index in [1.54, 1.807) is 24.3 Å². The van der Waals surface area contributed by atoms with Gasteiger partial charge in [0.1, 0.15) is 0 Å². The monoisotopic (exact) mass is 329 g/mol. The van der Waals surface area contributed by atoms with Crippen molar-refractivity contribution in [3.05, 3.63) is 69.2 Å². The lowest BCUT2D eigenvalue weighted by molar-refractivity contribution is 0.0642. The Kier molecular flexibility index (Phi) is 3.18. The Morgan fingerprint density at radius 3 is 2.15 bits per heavy atom. The van der Waals surface area contributed by atoms with Gasteiger partial charge in [-0.3, -0.25) is 14.5 Å². The van der Waals surface area contributed by atoms with Crippen molar-refractivity contribution < 1.29 is 9.59 Å². The third kappa shape index (κ3) is 2.06. The fourth-order valence-electron chi connectivity index (χ4n) is 2.30. The van der Waals surface area contributed by atoms with Crippen LogP contribution in [0, 0.1) is 6.92 Å². The second kappa shape index (κ2) is 4.87. The number of carbonyl (C=O) groups excluding carboxylic acids is 2. The molecule has 2 aromatic carbocycles. The predicted octanol–water partition coefficient (Wildman–Crippen LogP) is 3.55. The highest BCUT2D eigenvalue weighted by Gasteiger charge is 2.34. The summed E-state index contributed by atoms with van der Waals surface area (Å²) < 4.78 is 0.978. The van der Waals surface area contributed by atoms with E-state index < -0.39 is 0 Å². The van der Waals surface area contributed by atoms with E-state index in [9.17, 15) is 9.59 Å². The Balaban J connectivity index is 1.91.